The van der Waals surface area contributed by atoms with E-state index in [0.717, 1.165) is 15.4 Å². The van der Waals surface area contributed by atoms with Crippen LogP contribution in [-0.2, 0) is 11.3 Å². The second-order valence-corrected chi connectivity index (χ2v) is 9.04. The number of aromatic nitrogens is 1. The van der Waals surface area contributed by atoms with E-state index in [4.69, 9.17) is 4.74 Å². The first kappa shape index (κ1) is 23.7. The Hall–Kier alpha value is -2.98. The van der Waals surface area contributed by atoms with Gasteiger partial charge in [-0.2, -0.15) is 0 Å². The third-order valence-electron chi connectivity index (χ3n) is 5.03. The van der Waals surface area contributed by atoms with Crippen LogP contribution in [-0.4, -0.2) is 75.7 Å². The lowest BCUT2D eigenvalue weighted by molar-refractivity contribution is -0.132. The van der Waals surface area contributed by atoms with Gasteiger partial charge in [0, 0.05) is 31.3 Å². The molecule has 0 saturated carbocycles. The lowest BCUT2D eigenvalue weighted by atomic mass is 10.2. The molecule has 32 heavy (non-hydrogen) atoms. The lowest BCUT2D eigenvalue weighted by Gasteiger charge is -2.32. The number of rotatable bonds is 6. The number of carbonyl (C=O) groups excluding carboxylic acids is 2. The van der Waals surface area contributed by atoms with E-state index >= 15 is 0 Å². The van der Waals surface area contributed by atoms with Gasteiger partial charge in [-0.25, -0.2) is 14.8 Å². The fourth-order valence-electron chi connectivity index (χ4n) is 3.28. The highest BCUT2D eigenvalue weighted by Crippen LogP contribution is 2.21. The molecule has 0 spiro atoms. The Bertz CT molecular complexity index is 992. The highest BCUT2D eigenvalue weighted by Gasteiger charge is 2.35. The summed E-state index contributed by atoms with van der Waals surface area (Å²) in [5, 5.41) is 10.0. The normalized spacial score (nSPS) is 19.3. The zero-order valence-corrected chi connectivity index (χ0v) is 19.6. The van der Waals surface area contributed by atoms with Crippen LogP contribution in [0.1, 0.15) is 28.8 Å². The zero-order valence-electron chi connectivity index (χ0n) is 18.8. The van der Waals surface area contributed by atoms with Crippen molar-refractivity contribution in [3.05, 3.63) is 45.9 Å². The van der Waals surface area contributed by atoms with Crippen LogP contribution in [0.4, 0.5) is 4.79 Å². The standard InChI is InChI=1S/C22H29N5O4S/c1-15-7-5-8-18(11-15)31-21-24-14-25(4)22(30)26(9-6-10-28)20(29)17(3)27(21)13-19-23-12-16(2)32-19/h5,7-8,11-12,17,28H,6,9-10,13-14H2,1-4H3/b24-21+/t17-/m0/s1. The van der Waals surface area contributed by atoms with Crippen molar-refractivity contribution in [2.24, 2.45) is 4.99 Å². The van der Waals surface area contributed by atoms with E-state index in [1.54, 1.807) is 25.1 Å². The molecule has 0 unspecified atom stereocenters. The van der Waals surface area contributed by atoms with Gasteiger partial charge in [-0.1, -0.05) is 12.1 Å². The quantitative estimate of drug-likeness (QED) is 0.713. The molecule has 2 heterocycles. The maximum atomic E-state index is 13.4. The van der Waals surface area contributed by atoms with Crippen molar-refractivity contribution < 1.29 is 19.4 Å². The van der Waals surface area contributed by atoms with Crippen molar-refractivity contribution in [2.75, 3.05) is 26.9 Å². The first-order valence-electron chi connectivity index (χ1n) is 10.4. The van der Waals surface area contributed by atoms with Crippen molar-refractivity contribution in [3.8, 4) is 5.75 Å². The molecule has 1 aliphatic heterocycles. The van der Waals surface area contributed by atoms with E-state index < -0.39 is 12.1 Å². The number of aliphatic hydroxyl groups is 1. The molecule has 3 rings (SSSR count). The van der Waals surface area contributed by atoms with Crippen LogP contribution in [0.2, 0.25) is 0 Å². The van der Waals surface area contributed by atoms with Gasteiger partial charge in [-0.05, 0) is 44.9 Å². The molecule has 2 aromatic rings. The van der Waals surface area contributed by atoms with Crippen molar-refractivity contribution in [2.45, 2.75) is 39.8 Å². The van der Waals surface area contributed by atoms with Crippen molar-refractivity contribution in [1.82, 2.24) is 19.7 Å². The SMILES string of the molecule is Cc1cccc(O/C2=N/CN(C)C(=O)N(CCCO)C(=O)[C@H](C)N2Cc2ncc(C)s2)c1. The second kappa shape index (κ2) is 10.6. The largest absolute Gasteiger partial charge is 0.426 e. The summed E-state index contributed by atoms with van der Waals surface area (Å²) in [7, 11) is 1.58. The number of aliphatic hydroxyl groups excluding tert-OH is 1. The number of carbonyl (C=O) groups is 2. The molecule has 0 aliphatic carbocycles. The predicted octanol–water partition coefficient (Wildman–Crippen LogP) is 2.62. The van der Waals surface area contributed by atoms with Gasteiger partial charge in [-0.15, -0.1) is 11.3 Å². The fraction of sp³-hybridized carbons (Fsp3) is 0.455. The van der Waals surface area contributed by atoms with Crippen molar-refractivity contribution in [3.63, 3.8) is 0 Å². The van der Waals surface area contributed by atoms with E-state index in [1.165, 1.54) is 21.1 Å². The number of aliphatic imine (C=N–C) groups is 1. The van der Waals surface area contributed by atoms with E-state index in [-0.39, 0.29) is 31.7 Å². The van der Waals surface area contributed by atoms with Crippen LogP contribution < -0.4 is 4.74 Å². The summed E-state index contributed by atoms with van der Waals surface area (Å²) < 4.78 is 6.14. The summed E-state index contributed by atoms with van der Waals surface area (Å²) in [6.45, 7) is 5.99. The minimum absolute atomic E-state index is 0.0169. The molecule has 172 valence electrons. The number of aryl methyl sites for hydroxylation is 2. The topological polar surface area (TPSA) is 98.6 Å². The maximum absolute atomic E-state index is 13.4. The number of amidine groups is 1. The maximum Gasteiger partial charge on any atom is 0.327 e. The van der Waals surface area contributed by atoms with Crippen molar-refractivity contribution in [1.29, 1.82) is 0 Å². The summed E-state index contributed by atoms with van der Waals surface area (Å²) in [6, 6.07) is 6.60. The monoisotopic (exact) mass is 459 g/mol. The van der Waals surface area contributed by atoms with E-state index in [1.807, 2.05) is 38.1 Å². The van der Waals surface area contributed by atoms with Crippen LogP contribution in [0, 0.1) is 13.8 Å². The molecule has 1 atom stereocenters. The molecule has 9 nitrogen and oxygen atoms in total. The molecule has 0 fully saturated rings. The molecule has 0 bridgehead atoms. The van der Waals surface area contributed by atoms with E-state index in [0.29, 0.717) is 18.7 Å². The minimum atomic E-state index is -0.739. The molecule has 1 N–H and O–H groups in total. The molecule has 3 amide bonds. The number of hydrogen-bond acceptors (Lipinski definition) is 8. The third kappa shape index (κ3) is 5.63. The summed E-state index contributed by atoms with van der Waals surface area (Å²) in [5.74, 6) is 0.208. The highest BCUT2D eigenvalue weighted by molar-refractivity contribution is 7.11. The Labute approximate surface area is 191 Å². The molecule has 10 heteroatoms. The van der Waals surface area contributed by atoms with Crippen LogP contribution in [0.3, 0.4) is 0 Å². The Kier molecular flexibility index (Phi) is 7.81. The number of amides is 3. The van der Waals surface area contributed by atoms with Gasteiger partial charge in [0.25, 0.3) is 11.9 Å². The van der Waals surface area contributed by atoms with Crippen LogP contribution in [0.5, 0.6) is 5.75 Å². The Morgan fingerprint density at radius 3 is 2.72 bits per heavy atom. The zero-order chi connectivity index (χ0) is 23.3. The average molecular weight is 460 g/mol. The number of benzene rings is 1. The lowest BCUT2D eigenvalue weighted by Crippen LogP contribution is -2.53. The molecule has 1 aromatic carbocycles. The number of urea groups is 1. The van der Waals surface area contributed by atoms with Gasteiger partial charge in [0.1, 0.15) is 23.5 Å². The predicted molar refractivity (Wildman–Crippen MR) is 123 cm³/mol. The summed E-state index contributed by atoms with van der Waals surface area (Å²) in [5.41, 5.74) is 1.03. The van der Waals surface area contributed by atoms with Crippen LogP contribution in [0.25, 0.3) is 0 Å². The number of ether oxygens (including phenoxy) is 1. The van der Waals surface area contributed by atoms with Gasteiger partial charge in [0.05, 0.1) is 6.54 Å². The summed E-state index contributed by atoms with van der Waals surface area (Å²) >= 11 is 1.53. The van der Waals surface area contributed by atoms with Gasteiger partial charge in [0.15, 0.2) is 0 Å². The number of hydrogen-bond donors (Lipinski definition) is 1. The van der Waals surface area contributed by atoms with Gasteiger partial charge < -0.3 is 19.6 Å². The highest BCUT2D eigenvalue weighted by atomic mass is 32.1. The number of thiazole rings is 1. The van der Waals surface area contributed by atoms with Crippen LogP contribution in [0.15, 0.2) is 35.5 Å². The smallest absolute Gasteiger partial charge is 0.327 e. The van der Waals surface area contributed by atoms with Crippen molar-refractivity contribution >= 4 is 29.3 Å². The summed E-state index contributed by atoms with van der Waals surface area (Å²) in [4.78, 5) is 40.6. The average Bonchev–Trinajstić information content (AvgIpc) is 3.19. The first-order valence-corrected chi connectivity index (χ1v) is 11.3. The molecule has 0 saturated heterocycles. The Balaban J connectivity index is 2.00. The summed E-state index contributed by atoms with van der Waals surface area (Å²) in [6.07, 6.45) is 2.09. The molecular formula is C22H29N5O4S. The third-order valence-corrected chi connectivity index (χ3v) is 5.92. The van der Waals surface area contributed by atoms with Gasteiger partial charge in [0.2, 0.25) is 0 Å². The van der Waals surface area contributed by atoms with E-state index in [2.05, 4.69) is 9.98 Å². The molecule has 0 radical (unpaired) electrons. The van der Waals surface area contributed by atoms with Gasteiger partial charge >= 0.3 is 6.03 Å². The van der Waals surface area contributed by atoms with E-state index in [9.17, 15) is 14.7 Å². The number of imide groups is 1. The number of nitrogens with zero attached hydrogens (tertiary/aromatic N) is 5. The molecule has 1 aromatic heterocycles. The molecular weight excluding hydrogens is 430 g/mol. The fourth-order valence-corrected chi connectivity index (χ4v) is 4.06. The van der Waals surface area contributed by atoms with Crippen LogP contribution >= 0.6 is 11.3 Å². The second-order valence-electron chi connectivity index (χ2n) is 7.72. The van der Waals surface area contributed by atoms with Gasteiger partial charge in [-0.3, -0.25) is 9.69 Å². The minimum Gasteiger partial charge on any atom is -0.426 e. The Morgan fingerprint density at radius 2 is 2.06 bits per heavy atom. The Morgan fingerprint density at radius 1 is 1.28 bits per heavy atom. The first-order chi connectivity index (χ1) is 15.3. The molecule has 1 aliphatic rings.